The number of halogens is 4. The van der Waals surface area contributed by atoms with Crippen LogP contribution in [0.4, 0.5) is 4.39 Å². The van der Waals surface area contributed by atoms with Gasteiger partial charge in [0.1, 0.15) is 11.0 Å². The fraction of sp³-hybridized carbons (Fsp3) is 0.167. The molecule has 1 aromatic heterocycles. The zero-order valence-corrected chi connectivity index (χ0v) is 13.3. The van der Waals surface area contributed by atoms with Gasteiger partial charge in [-0.3, -0.25) is 0 Å². The summed E-state index contributed by atoms with van der Waals surface area (Å²) in [6.07, 6.45) is 0.711. The highest BCUT2D eigenvalue weighted by Gasteiger charge is 2.13. The minimum Gasteiger partial charge on any atom is -0.232 e. The Bertz CT molecular complexity index is 605. The molecule has 2 aromatic rings. The monoisotopic (exact) mass is 392 g/mol. The van der Waals surface area contributed by atoms with Crippen molar-refractivity contribution in [3.8, 4) is 11.4 Å². The average Bonchev–Trinajstić information content (AvgIpc) is 2.35. The number of aryl methyl sites for hydroxylation is 1. The van der Waals surface area contributed by atoms with Crippen LogP contribution in [0.2, 0.25) is 5.15 Å². The summed E-state index contributed by atoms with van der Waals surface area (Å²) in [7, 11) is 0. The number of aromatic nitrogens is 2. The molecular weight excluding hydrogens is 386 g/mol. The van der Waals surface area contributed by atoms with E-state index in [2.05, 4.69) is 41.8 Å². The third kappa shape index (κ3) is 2.73. The zero-order chi connectivity index (χ0) is 13.3. The van der Waals surface area contributed by atoms with Crippen LogP contribution in [0.15, 0.2) is 27.1 Å². The van der Waals surface area contributed by atoms with Gasteiger partial charge in [-0.2, -0.15) is 0 Å². The standard InChI is InChI=1S/C12H8Br2ClFN2/c1-2-9-10(14)11(15)18-12(17-9)7-5-6(16)3-4-8(7)13/h3-5H,2H2,1H3. The largest absolute Gasteiger partial charge is 0.232 e. The first-order chi connectivity index (χ1) is 8.52. The number of nitrogens with zero attached hydrogens (tertiary/aromatic N) is 2. The Labute approximate surface area is 126 Å². The molecule has 2 rings (SSSR count). The molecular formula is C12H8Br2ClFN2. The molecule has 1 heterocycles. The maximum atomic E-state index is 13.3. The lowest BCUT2D eigenvalue weighted by molar-refractivity contribution is 0.628. The van der Waals surface area contributed by atoms with Gasteiger partial charge in [-0.05, 0) is 40.5 Å². The molecule has 0 atom stereocenters. The van der Waals surface area contributed by atoms with Crippen molar-refractivity contribution < 1.29 is 4.39 Å². The van der Waals surface area contributed by atoms with Crippen LogP contribution in [0.3, 0.4) is 0 Å². The van der Waals surface area contributed by atoms with Gasteiger partial charge < -0.3 is 0 Å². The lowest BCUT2D eigenvalue weighted by Gasteiger charge is -2.08. The number of benzene rings is 1. The molecule has 0 aliphatic rings. The van der Waals surface area contributed by atoms with Gasteiger partial charge in [0.25, 0.3) is 0 Å². The summed E-state index contributed by atoms with van der Waals surface area (Å²) in [5.74, 6) is 0.0697. The number of hydrogen-bond acceptors (Lipinski definition) is 2. The SMILES string of the molecule is CCc1nc(-c2cc(F)ccc2Br)nc(Cl)c1Br. The predicted octanol–water partition coefficient (Wildman–Crippen LogP) is 5.02. The molecule has 94 valence electrons. The molecule has 0 radical (unpaired) electrons. The first-order valence-corrected chi connectivity index (χ1v) is 7.16. The topological polar surface area (TPSA) is 25.8 Å². The van der Waals surface area contributed by atoms with Crippen molar-refractivity contribution in [2.24, 2.45) is 0 Å². The smallest absolute Gasteiger partial charge is 0.162 e. The predicted molar refractivity (Wildman–Crippen MR) is 77.2 cm³/mol. The molecule has 0 saturated carbocycles. The molecule has 0 N–H and O–H groups in total. The van der Waals surface area contributed by atoms with Crippen LogP contribution in [-0.4, -0.2) is 9.97 Å². The van der Waals surface area contributed by atoms with E-state index < -0.39 is 0 Å². The van der Waals surface area contributed by atoms with Crippen molar-refractivity contribution in [2.75, 3.05) is 0 Å². The number of hydrogen-bond donors (Lipinski definition) is 0. The summed E-state index contributed by atoms with van der Waals surface area (Å²) in [4.78, 5) is 8.55. The van der Waals surface area contributed by atoms with Crippen molar-refractivity contribution >= 4 is 43.5 Å². The normalized spacial score (nSPS) is 10.7. The molecule has 18 heavy (non-hydrogen) atoms. The van der Waals surface area contributed by atoms with Gasteiger partial charge in [-0.25, -0.2) is 14.4 Å². The molecule has 2 nitrogen and oxygen atoms in total. The van der Waals surface area contributed by atoms with E-state index in [0.29, 0.717) is 27.4 Å². The zero-order valence-electron chi connectivity index (χ0n) is 9.35. The molecule has 0 aliphatic carbocycles. The van der Waals surface area contributed by atoms with Crippen molar-refractivity contribution in [1.82, 2.24) is 9.97 Å². The molecule has 0 saturated heterocycles. The fourth-order valence-electron chi connectivity index (χ4n) is 1.49. The van der Waals surface area contributed by atoms with Crippen molar-refractivity contribution in [2.45, 2.75) is 13.3 Å². The van der Waals surface area contributed by atoms with E-state index in [0.717, 1.165) is 10.2 Å². The molecule has 0 unspecified atom stereocenters. The lowest BCUT2D eigenvalue weighted by atomic mass is 10.2. The van der Waals surface area contributed by atoms with Crippen LogP contribution in [-0.2, 0) is 6.42 Å². The first-order valence-electron chi connectivity index (χ1n) is 5.20. The highest BCUT2D eigenvalue weighted by molar-refractivity contribution is 9.11. The first kappa shape index (κ1) is 13.9. The van der Waals surface area contributed by atoms with E-state index >= 15 is 0 Å². The second-order valence-electron chi connectivity index (χ2n) is 3.58. The minimum absolute atomic E-state index is 0.327. The van der Waals surface area contributed by atoms with Crippen LogP contribution >= 0.6 is 43.5 Å². The Balaban J connectivity index is 2.64. The summed E-state index contributed by atoms with van der Waals surface area (Å²) < 4.78 is 14.7. The van der Waals surface area contributed by atoms with E-state index in [4.69, 9.17) is 11.6 Å². The van der Waals surface area contributed by atoms with Gasteiger partial charge >= 0.3 is 0 Å². The Morgan fingerprint density at radius 3 is 2.67 bits per heavy atom. The summed E-state index contributed by atoms with van der Waals surface area (Å²) in [6, 6.07) is 4.37. The van der Waals surface area contributed by atoms with E-state index in [1.807, 2.05) is 6.92 Å². The van der Waals surface area contributed by atoms with Gasteiger partial charge in [0.2, 0.25) is 0 Å². The quantitative estimate of drug-likeness (QED) is 0.668. The summed E-state index contributed by atoms with van der Waals surface area (Å²) in [5.41, 5.74) is 1.38. The Morgan fingerprint density at radius 2 is 2.00 bits per heavy atom. The number of rotatable bonds is 2. The van der Waals surface area contributed by atoms with Crippen LogP contribution in [0.25, 0.3) is 11.4 Å². The second kappa shape index (κ2) is 5.63. The minimum atomic E-state index is -0.339. The van der Waals surface area contributed by atoms with E-state index in [9.17, 15) is 4.39 Å². The van der Waals surface area contributed by atoms with Crippen molar-refractivity contribution in [1.29, 1.82) is 0 Å². The van der Waals surface area contributed by atoms with Crippen molar-refractivity contribution in [3.63, 3.8) is 0 Å². The molecule has 0 amide bonds. The third-order valence-corrected chi connectivity index (χ3v) is 4.41. The molecule has 0 spiro atoms. The highest BCUT2D eigenvalue weighted by atomic mass is 79.9. The van der Waals surface area contributed by atoms with Crippen LogP contribution < -0.4 is 0 Å². The lowest BCUT2D eigenvalue weighted by Crippen LogP contribution is -1.98. The fourth-order valence-corrected chi connectivity index (χ4v) is 2.56. The van der Waals surface area contributed by atoms with Gasteiger partial charge in [-0.1, -0.05) is 34.5 Å². The van der Waals surface area contributed by atoms with Gasteiger partial charge in [0.15, 0.2) is 5.82 Å². The maximum absolute atomic E-state index is 13.3. The van der Waals surface area contributed by atoms with E-state index in [1.54, 1.807) is 6.07 Å². The molecule has 0 aliphatic heterocycles. The summed E-state index contributed by atoms with van der Waals surface area (Å²) in [6.45, 7) is 1.97. The summed E-state index contributed by atoms with van der Waals surface area (Å²) >= 11 is 12.7. The van der Waals surface area contributed by atoms with Crippen molar-refractivity contribution in [3.05, 3.63) is 43.8 Å². The Kier molecular flexibility index (Phi) is 4.35. The van der Waals surface area contributed by atoms with E-state index in [1.165, 1.54) is 12.1 Å². The molecule has 1 aromatic carbocycles. The third-order valence-electron chi connectivity index (χ3n) is 2.38. The van der Waals surface area contributed by atoms with Crippen LogP contribution in [0, 0.1) is 5.82 Å². The van der Waals surface area contributed by atoms with Crippen LogP contribution in [0.5, 0.6) is 0 Å². The van der Waals surface area contributed by atoms with Gasteiger partial charge in [0, 0.05) is 10.0 Å². The van der Waals surface area contributed by atoms with Gasteiger partial charge in [0.05, 0.1) is 10.2 Å². The molecule has 0 bridgehead atoms. The molecule has 6 heteroatoms. The maximum Gasteiger partial charge on any atom is 0.162 e. The Morgan fingerprint density at radius 1 is 1.28 bits per heavy atom. The Hall–Kier alpha value is -0.520. The van der Waals surface area contributed by atoms with E-state index in [-0.39, 0.29) is 5.82 Å². The molecule has 0 fully saturated rings. The van der Waals surface area contributed by atoms with Crippen LogP contribution in [0.1, 0.15) is 12.6 Å². The second-order valence-corrected chi connectivity index (χ2v) is 5.58. The highest BCUT2D eigenvalue weighted by Crippen LogP contribution is 2.31. The average molecular weight is 394 g/mol. The summed E-state index contributed by atoms with van der Waals surface area (Å²) in [5, 5.41) is 0.327. The van der Waals surface area contributed by atoms with Gasteiger partial charge in [-0.15, -0.1) is 0 Å².